The zero-order chi connectivity index (χ0) is 16.4. The first-order chi connectivity index (χ1) is 11.1. The maximum Gasteiger partial charge on any atom is 0.146 e. The molecule has 0 N–H and O–H groups in total. The molecule has 2 aromatic carbocycles. The van der Waals surface area contributed by atoms with Gasteiger partial charge in [0.1, 0.15) is 23.6 Å². The monoisotopic (exact) mass is 306 g/mol. The Morgan fingerprint density at radius 3 is 2.65 bits per heavy atom. The molecule has 4 nitrogen and oxygen atoms in total. The highest BCUT2D eigenvalue weighted by molar-refractivity contribution is 5.84. The molecule has 0 spiro atoms. The number of hydrogen-bond donors (Lipinski definition) is 0. The summed E-state index contributed by atoms with van der Waals surface area (Å²) in [6.45, 7) is 6.25. The lowest BCUT2D eigenvalue weighted by atomic mass is 10.0. The molecule has 0 atom stereocenters. The lowest BCUT2D eigenvalue weighted by molar-refractivity contribution is 0.308. The van der Waals surface area contributed by atoms with Gasteiger partial charge in [0.25, 0.3) is 0 Å². The van der Waals surface area contributed by atoms with E-state index >= 15 is 0 Å². The molecular formula is C19H18N2O2. The summed E-state index contributed by atoms with van der Waals surface area (Å²) >= 11 is 0. The van der Waals surface area contributed by atoms with Crippen molar-refractivity contribution in [3.8, 4) is 5.75 Å². The van der Waals surface area contributed by atoms with Gasteiger partial charge in [-0.05, 0) is 60.8 Å². The van der Waals surface area contributed by atoms with Gasteiger partial charge in [-0.1, -0.05) is 24.3 Å². The van der Waals surface area contributed by atoms with E-state index in [1.165, 1.54) is 0 Å². The summed E-state index contributed by atoms with van der Waals surface area (Å²) < 4.78 is 6.02. The summed E-state index contributed by atoms with van der Waals surface area (Å²) in [6.07, 6.45) is 0. The minimum absolute atomic E-state index is 0.385. The molecule has 116 valence electrons. The average Bonchev–Trinajstić information content (AvgIpc) is 2.55. The van der Waals surface area contributed by atoms with Crippen molar-refractivity contribution in [3.63, 3.8) is 0 Å². The van der Waals surface area contributed by atoms with Crippen molar-refractivity contribution in [2.45, 2.75) is 27.4 Å². The smallest absolute Gasteiger partial charge is 0.146 e. The molecule has 0 bridgehead atoms. The molecule has 3 aromatic rings. The largest absolute Gasteiger partial charge is 0.487 e. The number of nitroso groups, excluding NO2 is 1. The van der Waals surface area contributed by atoms with Gasteiger partial charge in [-0.2, -0.15) is 0 Å². The molecular weight excluding hydrogens is 288 g/mol. The highest BCUT2D eigenvalue weighted by atomic mass is 16.5. The van der Waals surface area contributed by atoms with Crippen LogP contribution in [0.2, 0.25) is 0 Å². The molecule has 0 aliphatic carbocycles. The molecule has 0 aliphatic rings. The quantitative estimate of drug-likeness (QED) is 0.627. The number of aromatic nitrogens is 1. The normalized spacial score (nSPS) is 10.7. The van der Waals surface area contributed by atoms with Crippen molar-refractivity contribution < 1.29 is 4.74 Å². The first kappa shape index (κ1) is 15.2. The molecule has 0 amide bonds. The fraction of sp³-hybridized carbons (Fsp3) is 0.211. The van der Waals surface area contributed by atoms with E-state index in [1.807, 2.05) is 57.2 Å². The van der Waals surface area contributed by atoms with Gasteiger partial charge in [-0.3, -0.25) is 0 Å². The zero-order valence-electron chi connectivity index (χ0n) is 13.5. The Bertz CT molecular complexity index is 888. The number of nitrogens with zero attached hydrogens (tertiary/aromatic N) is 2. The number of benzene rings is 2. The van der Waals surface area contributed by atoms with Gasteiger partial charge in [0, 0.05) is 11.1 Å². The number of ether oxygens (including phenoxy) is 1. The van der Waals surface area contributed by atoms with Crippen LogP contribution in [0.4, 0.5) is 5.69 Å². The van der Waals surface area contributed by atoms with Crippen molar-refractivity contribution in [2.24, 2.45) is 5.18 Å². The topological polar surface area (TPSA) is 51.5 Å². The fourth-order valence-corrected chi connectivity index (χ4v) is 2.68. The van der Waals surface area contributed by atoms with E-state index in [9.17, 15) is 4.91 Å². The van der Waals surface area contributed by atoms with Crippen LogP contribution in [0.15, 0.2) is 47.6 Å². The Morgan fingerprint density at radius 2 is 1.87 bits per heavy atom. The van der Waals surface area contributed by atoms with E-state index in [1.54, 1.807) is 6.07 Å². The van der Waals surface area contributed by atoms with Crippen LogP contribution < -0.4 is 4.74 Å². The predicted octanol–water partition coefficient (Wildman–Crippen LogP) is 5.14. The zero-order valence-corrected chi connectivity index (χ0v) is 13.5. The van der Waals surface area contributed by atoms with Gasteiger partial charge < -0.3 is 4.74 Å². The van der Waals surface area contributed by atoms with Crippen LogP contribution >= 0.6 is 0 Å². The molecule has 0 radical (unpaired) electrons. The molecule has 1 aromatic heterocycles. The minimum Gasteiger partial charge on any atom is -0.487 e. The first-order valence-corrected chi connectivity index (χ1v) is 7.52. The van der Waals surface area contributed by atoms with Gasteiger partial charge in [-0.25, -0.2) is 4.98 Å². The van der Waals surface area contributed by atoms with Crippen LogP contribution in [-0.4, -0.2) is 4.98 Å². The number of fused-ring (bicyclic) bond motifs is 1. The second-order valence-corrected chi connectivity index (χ2v) is 5.67. The van der Waals surface area contributed by atoms with Gasteiger partial charge >= 0.3 is 0 Å². The van der Waals surface area contributed by atoms with Crippen LogP contribution in [0, 0.1) is 25.7 Å². The van der Waals surface area contributed by atoms with Gasteiger partial charge in [0.05, 0.1) is 0 Å². The molecule has 1 heterocycles. The van der Waals surface area contributed by atoms with Crippen LogP contribution in [-0.2, 0) is 6.61 Å². The van der Waals surface area contributed by atoms with Gasteiger partial charge in [0.15, 0.2) is 0 Å². The Labute approximate surface area is 135 Å². The lowest BCUT2D eigenvalue weighted by Crippen LogP contribution is -2.02. The summed E-state index contributed by atoms with van der Waals surface area (Å²) in [7, 11) is 0. The third-order valence-electron chi connectivity index (χ3n) is 4.10. The van der Waals surface area contributed by atoms with Crippen molar-refractivity contribution >= 4 is 16.6 Å². The summed E-state index contributed by atoms with van der Waals surface area (Å²) in [5.41, 5.74) is 5.21. The molecule has 0 aliphatic heterocycles. The molecule has 3 rings (SSSR count). The lowest BCUT2D eigenvalue weighted by Gasteiger charge is -2.13. The number of aryl methyl sites for hydroxylation is 2. The standard InChI is InChI=1S/C19H18N2O2/c1-12-7-10-17(21-22)14(3)16(12)11-23-18-6-4-5-15-9-8-13(2)20-19(15)18/h4-10H,11H2,1-3H3. The Hall–Kier alpha value is -2.75. The van der Waals surface area contributed by atoms with E-state index in [2.05, 4.69) is 10.2 Å². The van der Waals surface area contributed by atoms with Gasteiger partial charge in [-0.15, -0.1) is 4.91 Å². The Kier molecular flexibility index (Phi) is 4.06. The van der Waals surface area contributed by atoms with Crippen molar-refractivity contribution in [1.82, 2.24) is 4.98 Å². The Morgan fingerprint density at radius 1 is 1.04 bits per heavy atom. The fourth-order valence-electron chi connectivity index (χ4n) is 2.68. The van der Waals surface area contributed by atoms with E-state index in [0.717, 1.165) is 39.0 Å². The number of hydrogen-bond acceptors (Lipinski definition) is 4. The number of para-hydroxylation sites is 1. The van der Waals surface area contributed by atoms with Gasteiger partial charge in [0.2, 0.25) is 0 Å². The maximum absolute atomic E-state index is 10.9. The second-order valence-electron chi connectivity index (χ2n) is 5.67. The van der Waals surface area contributed by atoms with Crippen molar-refractivity contribution in [1.29, 1.82) is 0 Å². The molecule has 4 heteroatoms. The average molecular weight is 306 g/mol. The highest BCUT2D eigenvalue weighted by Crippen LogP contribution is 2.28. The Balaban J connectivity index is 1.96. The predicted molar refractivity (Wildman–Crippen MR) is 92.2 cm³/mol. The summed E-state index contributed by atoms with van der Waals surface area (Å²) in [5, 5.41) is 4.12. The van der Waals surface area contributed by atoms with E-state index in [4.69, 9.17) is 4.74 Å². The van der Waals surface area contributed by atoms with E-state index in [0.29, 0.717) is 12.3 Å². The summed E-state index contributed by atoms with van der Waals surface area (Å²) in [5.74, 6) is 0.745. The third kappa shape index (κ3) is 2.93. The molecule has 0 unspecified atom stereocenters. The van der Waals surface area contributed by atoms with Crippen molar-refractivity contribution in [3.05, 3.63) is 69.8 Å². The minimum atomic E-state index is 0.385. The third-order valence-corrected chi connectivity index (χ3v) is 4.10. The number of rotatable bonds is 4. The van der Waals surface area contributed by atoms with E-state index < -0.39 is 0 Å². The molecule has 0 saturated heterocycles. The second kappa shape index (κ2) is 6.16. The number of pyridine rings is 1. The molecule has 0 saturated carbocycles. The summed E-state index contributed by atoms with van der Waals surface area (Å²) in [4.78, 5) is 15.4. The first-order valence-electron chi connectivity index (χ1n) is 7.52. The van der Waals surface area contributed by atoms with Crippen LogP contribution in [0.5, 0.6) is 5.75 Å². The SMILES string of the molecule is Cc1ccc2cccc(OCc3c(C)ccc(N=O)c3C)c2n1. The van der Waals surface area contributed by atoms with Crippen LogP contribution in [0.3, 0.4) is 0 Å². The molecule has 0 fully saturated rings. The van der Waals surface area contributed by atoms with Crippen LogP contribution in [0.25, 0.3) is 10.9 Å². The summed E-state index contributed by atoms with van der Waals surface area (Å²) in [6, 6.07) is 13.6. The van der Waals surface area contributed by atoms with Crippen molar-refractivity contribution in [2.75, 3.05) is 0 Å². The van der Waals surface area contributed by atoms with E-state index in [-0.39, 0.29) is 0 Å². The highest BCUT2D eigenvalue weighted by Gasteiger charge is 2.10. The van der Waals surface area contributed by atoms with Crippen LogP contribution in [0.1, 0.15) is 22.4 Å². The maximum atomic E-state index is 10.9. The molecule has 23 heavy (non-hydrogen) atoms.